The fourth-order valence-electron chi connectivity index (χ4n) is 3.20. The second kappa shape index (κ2) is 8.04. The van der Waals surface area contributed by atoms with Gasteiger partial charge in [-0.3, -0.25) is 9.78 Å². The van der Waals surface area contributed by atoms with Crippen LogP contribution < -0.4 is 16.6 Å². The van der Waals surface area contributed by atoms with Crippen LogP contribution in [-0.4, -0.2) is 29.1 Å². The maximum Gasteiger partial charge on any atom is 0.338 e. The van der Waals surface area contributed by atoms with Gasteiger partial charge in [-0.25, -0.2) is 4.79 Å². The molecule has 1 aliphatic heterocycles. The van der Waals surface area contributed by atoms with Gasteiger partial charge in [0.1, 0.15) is 5.82 Å². The van der Waals surface area contributed by atoms with Crippen molar-refractivity contribution in [2.45, 2.75) is 40.0 Å². The second-order valence-corrected chi connectivity index (χ2v) is 8.60. The highest BCUT2D eigenvalue weighted by Gasteiger charge is 2.22. The lowest BCUT2D eigenvalue weighted by molar-refractivity contribution is 0.0367. The normalized spacial score (nSPS) is 16.2. The molecule has 1 aromatic carbocycles. The number of nitrogen functional groups attached to an aromatic ring is 1. The molecule has 4 N–H and O–H groups in total. The van der Waals surface area contributed by atoms with Crippen molar-refractivity contribution in [3.8, 4) is 0 Å². The first-order valence-corrected chi connectivity index (χ1v) is 9.60. The summed E-state index contributed by atoms with van der Waals surface area (Å²) >= 11 is 0. The monoisotopic (exact) mass is 384 g/mol. The first kappa shape index (κ1) is 19.9. The number of hydrogen-bond acceptors (Lipinski definition) is 6. The smallest absolute Gasteiger partial charge is 0.338 e. The lowest BCUT2D eigenvalue weighted by atomic mass is 9.91. The van der Waals surface area contributed by atoms with E-state index < -0.39 is 0 Å². The summed E-state index contributed by atoms with van der Waals surface area (Å²) in [5, 5.41) is 3.21. The zero-order valence-corrected chi connectivity index (χ0v) is 16.7. The standard InChI is InChI=1S/C21H28N4O3/c1-21(2,3)12-28-19(27)15-8-6-13(7-9-15)4-5-14-10-16-17(23-11-14)24-20(22)25-18(16)26/h6-9,14H,4-5,10-12H2,1-3H3,(H4,22,23,24,25,26). The molecule has 2 heterocycles. The predicted octanol–water partition coefficient (Wildman–Crippen LogP) is 2.77. The van der Waals surface area contributed by atoms with Crippen molar-refractivity contribution in [3.05, 3.63) is 51.3 Å². The average molecular weight is 384 g/mol. The quantitative estimate of drug-likeness (QED) is 0.684. The SMILES string of the molecule is CC(C)(C)COC(=O)c1ccc(CCC2CNc3nc(N)[nH]c(=O)c3C2)cc1. The van der Waals surface area contributed by atoms with Crippen LogP contribution in [0.25, 0.3) is 0 Å². The number of nitrogens with one attached hydrogen (secondary N) is 2. The summed E-state index contributed by atoms with van der Waals surface area (Å²) in [7, 11) is 0. The van der Waals surface area contributed by atoms with E-state index in [0.29, 0.717) is 35.9 Å². The number of fused-ring (bicyclic) bond motifs is 1. The van der Waals surface area contributed by atoms with Crippen LogP contribution in [0.4, 0.5) is 11.8 Å². The number of ether oxygens (including phenoxy) is 1. The highest BCUT2D eigenvalue weighted by Crippen LogP contribution is 2.23. The molecular weight excluding hydrogens is 356 g/mol. The molecule has 3 rings (SSSR count). The van der Waals surface area contributed by atoms with Gasteiger partial charge in [-0.05, 0) is 48.3 Å². The van der Waals surface area contributed by atoms with E-state index in [4.69, 9.17) is 10.5 Å². The van der Waals surface area contributed by atoms with Gasteiger partial charge in [-0.1, -0.05) is 32.9 Å². The van der Waals surface area contributed by atoms with Crippen molar-refractivity contribution in [2.24, 2.45) is 11.3 Å². The number of rotatable bonds is 5. The van der Waals surface area contributed by atoms with Gasteiger partial charge in [0.15, 0.2) is 0 Å². The third-order valence-corrected chi connectivity index (χ3v) is 4.75. The summed E-state index contributed by atoms with van der Waals surface area (Å²) in [6.07, 6.45) is 2.49. The number of hydrogen-bond donors (Lipinski definition) is 3. The number of nitrogens with zero attached hydrogens (tertiary/aromatic N) is 1. The molecule has 0 radical (unpaired) electrons. The van der Waals surface area contributed by atoms with Crippen molar-refractivity contribution in [1.29, 1.82) is 0 Å². The first-order chi connectivity index (χ1) is 13.2. The molecule has 1 unspecified atom stereocenters. The summed E-state index contributed by atoms with van der Waals surface area (Å²) in [6.45, 7) is 7.24. The van der Waals surface area contributed by atoms with Crippen LogP contribution in [-0.2, 0) is 17.6 Å². The van der Waals surface area contributed by atoms with Crippen LogP contribution >= 0.6 is 0 Å². The van der Waals surface area contributed by atoms with E-state index in [1.807, 2.05) is 45.0 Å². The number of carbonyl (C=O) groups is 1. The summed E-state index contributed by atoms with van der Waals surface area (Å²) < 4.78 is 5.35. The number of H-pyrrole nitrogens is 1. The van der Waals surface area contributed by atoms with Gasteiger partial charge < -0.3 is 15.8 Å². The van der Waals surface area contributed by atoms with E-state index in [-0.39, 0.29) is 22.9 Å². The molecule has 0 saturated carbocycles. The van der Waals surface area contributed by atoms with Crippen LogP contribution in [0.3, 0.4) is 0 Å². The van der Waals surface area contributed by atoms with Gasteiger partial charge in [0, 0.05) is 6.54 Å². The molecule has 28 heavy (non-hydrogen) atoms. The van der Waals surface area contributed by atoms with Crippen LogP contribution in [0.1, 0.15) is 48.7 Å². The van der Waals surface area contributed by atoms with Crippen molar-refractivity contribution >= 4 is 17.7 Å². The van der Waals surface area contributed by atoms with Crippen LogP contribution in [0.15, 0.2) is 29.1 Å². The van der Waals surface area contributed by atoms with Crippen LogP contribution in [0.5, 0.6) is 0 Å². The van der Waals surface area contributed by atoms with Crippen molar-refractivity contribution in [2.75, 3.05) is 24.2 Å². The van der Waals surface area contributed by atoms with E-state index in [0.717, 1.165) is 24.9 Å². The van der Waals surface area contributed by atoms with E-state index in [9.17, 15) is 9.59 Å². The number of anilines is 2. The number of aromatic amines is 1. The average Bonchev–Trinajstić information content (AvgIpc) is 2.64. The summed E-state index contributed by atoms with van der Waals surface area (Å²) in [5.74, 6) is 0.780. The molecule has 2 aromatic rings. The molecule has 1 aliphatic rings. The van der Waals surface area contributed by atoms with Gasteiger partial charge in [-0.15, -0.1) is 0 Å². The van der Waals surface area contributed by atoms with Gasteiger partial charge >= 0.3 is 5.97 Å². The lowest BCUT2D eigenvalue weighted by Crippen LogP contribution is -2.30. The van der Waals surface area contributed by atoms with E-state index in [1.54, 1.807) is 0 Å². The third kappa shape index (κ3) is 5.12. The summed E-state index contributed by atoms with van der Waals surface area (Å²) in [6, 6.07) is 7.55. The van der Waals surface area contributed by atoms with E-state index in [2.05, 4.69) is 15.3 Å². The summed E-state index contributed by atoms with van der Waals surface area (Å²) in [4.78, 5) is 30.9. The van der Waals surface area contributed by atoms with E-state index in [1.165, 1.54) is 0 Å². The Morgan fingerprint density at radius 1 is 1.29 bits per heavy atom. The maximum atomic E-state index is 12.1. The molecule has 0 saturated heterocycles. The minimum Gasteiger partial charge on any atom is -0.462 e. The number of carbonyl (C=O) groups excluding carboxylic acids is 1. The predicted molar refractivity (Wildman–Crippen MR) is 109 cm³/mol. The molecule has 0 fully saturated rings. The molecule has 0 amide bonds. The molecular formula is C21H28N4O3. The second-order valence-electron chi connectivity index (χ2n) is 8.60. The highest BCUT2D eigenvalue weighted by molar-refractivity contribution is 5.89. The zero-order chi connectivity index (χ0) is 20.3. The largest absolute Gasteiger partial charge is 0.462 e. The molecule has 0 aliphatic carbocycles. The number of esters is 1. The van der Waals surface area contributed by atoms with Crippen molar-refractivity contribution in [1.82, 2.24) is 9.97 Å². The molecule has 0 bridgehead atoms. The Morgan fingerprint density at radius 3 is 2.68 bits per heavy atom. The third-order valence-electron chi connectivity index (χ3n) is 4.75. The highest BCUT2D eigenvalue weighted by atomic mass is 16.5. The van der Waals surface area contributed by atoms with E-state index >= 15 is 0 Å². The van der Waals surface area contributed by atoms with Gasteiger partial charge in [0.05, 0.1) is 17.7 Å². The van der Waals surface area contributed by atoms with Gasteiger partial charge in [0.2, 0.25) is 5.95 Å². The number of benzene rings is 1. The lowest BCUT2D eigenvalue weighted by Gasteiger charge is -2.24. The minimum atomic E-state index is -0.291. The molecule has 150 valence electrons. The van der Waals surface area contributed by atoms with Crippen LogP contribution in [0.2, 0.25) is 0 Å². The molecule has 0 spiro atoms. The Labute approximate surface area is 164 Å². The Bertz CT molecular complexity index is 897. The number of aromatic nitrogens is 2. The minimum absolute atomic E-state index is 0.0504. The van der Waals surface area contributed by atoms with Crippen LogP contribution in [0, 0.1) is 11.3 Å². The number of aryl methyl sites for hydroxylation is 1. The van der Waals surface area contributed by atoms with Crippen molar-refractivity contribution < 1.29 is 9.53 Å². The Kier molecular flexibility index (Phi) is 5.72. The fraction of sp³-hybridized carbons (Fsp3) is 0.476. The van der Waals surface area contributed by atoms with Crippen molar-refractivity contribution in [3.63, 3.8) is 0 Å². The maximum absolute atomic E-state index is 12.1. The first-order valence-electron chi connectivity index (χ1n) is 9.60. The fourth-order valence-corrected chi connectivity index (χ4v) is 3.20. The number of nitrogens with two attached hydrogens (primary N) is 1. The topological polar surface area (TPSA) is 110 Å². The Balaban J connectivity index is 1.54. The zero-order valence-electron chi connectivity index (χ0n) is 16.7. The van der Waals surface area contributed by atoms with Gasteiger partial charge in [0.25, 0.3) is 5.56 Å². The molecule has 1 atom stereocenters. The molecule has 7 nitrogen and oxygen atoms in total. The molecule has 1 aromatic heterocycles. The Hall–Kier alpha value is -2.83. The molecule has 7 heteroatoms. The summed E-state index contributed by atoms with van der Waals surface area (Å²) in [5.41, 5.74) is 7.76. The van der Waals surface area contributed by atoms with Gasteiger partial charge in [-0.2, -0.15) is 4.98 Å². The Morgan fingerprint density at radius 2 is 2.00 bits per heavy atom.